The highest BCUT2D eigenvalue weighted by atomic mass is 127. The second kappa shape index (κ2) is 10.3. The van der Waals surface area contributed by atoms with Gasteiger partial charge in [-0.05, 0) is 115 Å². The highest BCUT2D eigenvalue weighted by Crippen LogP contribution is 2.39. The van der Waals surface area contributed by atoms with Gasteiger partial charge in [-0.1, -0.05) is 31.4 Å². The van der Waals surface area contributed by atoms with E-state index >= 15 is 0 Å². The van der Waals surface area contributed by atoms with Gasteiger partial charge in [-0.15, -0.1) is 0 Å². The van der Waals surface area contributed by atoms with Crippen LogP contribution >= 0.6 is 34.4 Å². The molecule has 7 heteroatoms. The average Bonchev–Trinajstić information content (AvgIpc) is 3.31. The van der Waals surface area contributed by atoms with Crippen molar-refractivity contribution in [3.8, 4) is 5.69 Å². The minimum absolute atomic E-state index is 0.0314. The van der Waals surface area contributed by atoms with Crippen LogP contribution in [0.2, 0.25) is 0 Å². The summed E-state index contributed by atoms with van der Waals surface area (Å²) < 4.78 is 17.8. The summed E-state index contributed by atoms with van der Waals surface area (Å²) in [5, 5.41) is 0.574. The Balaban J connectivity index is 1.53. The van der Waals surface area contributed by atoms with E-state index in [2.05, 4.69) is 76.3 Å². The Morgan fingerprint density at radius 3 is 2.49 bits per heavy atom. The van der Waals surface area contributed by atoms with Crippen molar-refractivity contribution in [3.05, 3.63) is 85.8 Å². The molecule has 2 fully saturated rings. The second-order valence-corrected chi connectivity index (χ2v) is 11.3. The largest absolute Gasteiger partial charge is 0.318 e. The lowest BCUT2D eigenvalue weighted by molar-refractivity contribution is -0.124. The van der Waals surface area contributed by atoms with Gasteiger partial charge in [0.1, 0.15) is 11.5 Å². The first-order valence-electron chi connectivity index (χ1n) is 11.9. The number of rotatable bonds is 4. The Hall–Kier alpha value is -2.39. The molecule has 1 aliphatic heterocycles. The van der Waals surface area contributed by atoms with Crippen LogP contribution in [-0.4, -0.2) is 26.6 Å². The smallest absolute Gasteiger partial charge is 0.267 e. The zero-order valence-electron chi connectivity index (χ0n) is 19.8. The molecule has 1 aliphatic carbocycles. The zero-order chi connectivity index (χ0) is 24.5. The maximum absolute atomic E-state index is 14.4. The number of amidine groups is 1. The van der Waals surface area contributed by atoms with Crippen molar-refractivity contribution in [1.82, 2.24) is 9.47 Å². The number of hydrogen-bond acceptors (Lipinski definition) is 3. The van der Waals surface area contributed by atoms with Gasteiger partial charge in [0.05, 0.1) is 4.91 Å². The minimum atomic E-state index is -0.379. The third-order valence-electron chi connectivity index (χ3n) is 6.69. The molecular formula is C28H27FIN3OS. The Labute approximate surface area is 223 Å². The van der Waals surface area contributed by atoms with Crippen LogP contribution < -0.4 is 0 Å². The number of carbonyl (C=O) groups excluding carboxylic acids is 1. The van der Waals surface area contributed by atoms with Crippen LogP contribution in [-0.2, 0) is 4.79 Å². The summed E-state index contributed by atoms with van der Waals surface area (Å²) in [6.07, 6.45) is 7.27. The lowest BCUT2D eigenvalue weighted by Gasteiger charge is -2.30. The molecule has 5 rings (SSSR count). The number of benzene rings is 2. The number of aryl methyl sites for hydroxylation is 1. The molecule has 2 aliphatic rings. The van der Waals surface area contributed by atoms with Crippen LogP contribution in [0.15, 0.2) is 64.5 Å². The van der Waals surface area contributed by atoms with E-state index in [1.165, 1.54) is 27.8 Å². The van der Waals surface area contributed by atoms with E-state index < -0.39 is 0 Å². The Bertz CT molecular complexity index is 1320. The first-order chi connectivity index (χ1) is 16.9. The monoisotopic (exact) mass is 599 g/mol. The Morgan fingerprint density at radius 1 is 1.06 bits per heavy atom. The number of aromatic nitrogens is 1. The fourth-order valence-electron chi connectivity index (χ4n) is 4.93. The van der Waals surface area contributed by atoms with Crippen LogP contribution in [0.3, 0.4) is 0 Å². The standard InChI is InChI=1S/C28H27FIN3OS/c1-18-16-20(19(2)32(18)23-14-12-21(30)13-15-23)17-26-27(34)33(22-8-4-3-5-9-22)28(35-26)31-25-11-7-6-10-24(25)29/h6-7,10-17,22H,3-5,8-9H2,1-2H3/b26-17-,31-28?. The SMILES string of the molecule is Cc1cc(/C=C2\SC(=Nc3ccccc3F)N(C3CCCCC3)C2=O)c(C)n1-c1ccc(I)cc1. The second-order valence-electron chi connectivity index (χ2n) is 9.06. The maximum atomic E-state index is 14.4. The summed E-state index contributed by atoms with van der Waals surface area (Å²) in [4.78, 5) is 20.7. The third-order valence-corrected chi connectivity index (χ3v) is 8.39. The van der Waals surface area contributed by atoms with Gasteiger partial charge < -0.3 is 4.57 Å². The van der Waals surface area contributed by atoms with Gasteiger partial charge in [0.25, 0.3) is 5.91 Å². The van der Waals surface area contributed by atoms with Gasteiger partial charge in [0, 0.05) is 26.7 Å². The molecule has 35 heavy (non-hydrogen) atoms. The fraction of sp³-hybridized carbons (Fsp3) is 0.286. The number of halogens is 2. The predicted molar refractivity (Wildman–Crippen MR) is 151 cm³/mol. The molecule has 180 valence electrons. The molecule has 1 saturated carbocycles. The number of aliphatic imine (C=N–C) groups is 1. The van der Waals surface area contributed by atoms with Crippen molar-refractivity contribution >= 4 is 57.2 Å². The summed E-state index contributed by atoms with van der Waals surface area (Å²) >= 11 is 3.66. The summed E-state index contributed by atoms with van der Waals surface area (Å²) in [5.74, 6) is -0.411. The molecule has 2 aromatic carbocycles. The number of carbonyl (C=O) groups is 1. The zero-order valence-corrected chi connectivity index (χ0v) is 22.8. The minimum Gasteiger partial charge on any atom is -0.318 e. The maximum Gasteiger partial charge on any atom is 0.267 e. The van der Waals surface area contributed by atoms with Gasteiger partial charge in [-0.25, -0.2) is 9.38 Å². The van der Waals surface area contributed by atoms with Gasteiger partial charge in [-0.2, -0.15) is 0 Å². The highest BCUT2D eigenvalue weighted by molar-refractivity contribution is 14.1. The molecule has 0 N–H and O–H groups in total. The van der Waals surface area contributed by atoms with Crippen LogP contribution in [0.4, 0.5) is 10.1 Å². The van der Waals surface area contributed by atoms with E-state index in [1.807, 2.05) is 11.0 Å². The van der Waals surface area contributed by atoms with Gasteiger partial charge in [-0.3, -0.25) is 9.69 Å². The fourth-order valence-corrected chi connectivity index (χ4v) is 6.34. The van der Waals surface area contributed by atoms with Gasteiger partial charge in [0.15, 0.2) is 5.17 Å². The van der Waals surface area contributed by atoms with E-state index in [0.29, 0.717) is 10.1 Å². The van der Waals surface area contributed by atoms with Crippen molar-refractivity contribution in [1.29, 1.82) is 0 Å². The van der Waals surface area contributed by atoms with Crippen LogP contribution in [0.25, 0.3) is 11.8 Å². The average molecular weight is 600 g/mol. The van der Waals surface area contributed by atoms with Crippen molar-refractivity contribution in [3.63, 3.8) is 0 Å². The quantitative estimate of drug-likeness (QED) is 0.227. The molecule has 0 unspecified atom stereocenters. The van der Waals surface area contributed by atoms with Crippen molar-refractivity contribution in [2.45, 2.75) is 52.0 Å². The molecule has 1 saturated heterocycles. The van der Waals surface area contributed by atoms with E-state index in [9.17, 15) is 9.18 Å². The van der Waals surface area contributed by atoms with E-state index in [-0.39, 0.29) is 23.5 Å². The number of hydrogen-bond donors (Lipinski definition) is 0. The lowest BCUT2D eigenvalue weighted by atomic mass is 9.94. The molecule has 2 heterocycles. The van der Waals surface area contributed by atoms with Crippen molar-refractivity contribution in [2.75, 3.05) is 0 Å². The molecule has 1 aromatic heterocycles. The lowest BCUT2D eigenvalue weighted by Crippen LogP contribution is -2.40. The molecule has 3 aromatic rings. The van der Waals surface area contributed by atoms with Crippen molar-refractivity contribution in [2.24, 2.45) is 4.99 Å². The molecule has 1 amide bonds. The molecule has 0 spiro atoms. The third kappa shape index (κ3) is 4.98. The van der Waals surface area contributed by atoms with Crippen LogP contribution in [0.1, 0.15) is 49.1 Å². The molecule has 0 atom stereocenters. The number of nitrogens with zero attached hydrogens (tertiary/aromatic N) is 3. The molecule has 0 bridgehead atoms. The molecule has 4 nitrogen and oxygen atoms in total. The van der Waals surface area contributed by atoms with Gasteiger partial charge in [0.2, 0.25) is 0 Å². The van der Waals surface area contributed by atoms with E-state index in [4.69, 9.17) is 0 Å². The van der Waals surface area contributed by atoms with Gasteiger partial charge >= 0.3 is 0 Å². The predicted octanol–water partition coefficient (Wildman–Crippen LogP) is 7.77. The summed E-state index contributed by atoms with van der Waals surface area (Å²) in [6, 6.07) is 17.1. The normalized spacial score (nSPS) is 19.3. The number of para-hydroxylation sites is 1. The summed E-state index contributed by atoms with van der Waals surface area (Å²) in [7, 11) is 0. The first-order valence-corrected chi connectivity index (χ1v) is 13.8. The Kier molecular flexibility index (Phi) is 7.16. The van der Waals surface area contributed by atoms with E-state index in [0.717, 1.165) is 48.3 Å². The van der Waals surface area contributed by atoms with Crippen LogP contribution in [0.5, 0.6) is 0 Å². The molecule has 0 radical (unpaired) electrons. The topological polar surface area (TPSA) is 37.6 Å². The molecular weight excluding hydrogens is 572 g/mol. The Morgan fingerprint density at radius 2 is 1.77 bits per heavy atom. The van der Waals surface area contributed by atoms with E-state index in [1.54, 1.807) is 18.2 Å². The van der Waals surface area contributed by atoms with Crippen molar-refractivity contribution < 1.29 is 9.18 Å². The first kappa shape index (κ1) is 24.3. The number of amides is 1. The van der Waals surface area contributed by atoms with Crippen LogP contribution in [0, 0.1) is 23.2 Å². The summed E-state index contributed by atoms with van der Waals surface area (Å²) in [5.41, 5.74) is 4.55. The highest BCUT2D eigenvalue weighted by Gasteiger charge is 2.39. The summed E-state index contributed by atoms with van der Waals surface area (Å²) in [6.45, 7) is 4.16. The number of thioether (sulfide) groups is 1.